The molecule has 114 valence electrons. The van der Waals surface area contributed by atoms with Crippen LogP contribution in [0.3, 0.4) is 0 Å². The largest absolute Gasteiger partial charge is 0.493 e. The molecule has 1 amide bonds. The first kappa shape index (κ1) is 14.8. The maximum atomic E-state index is 12.4. The molecule has 0 fully saturated rings. The molecule has 1 atom stereocenters. The summed E-state index contributed by atoms with van der Waals surface area (Å²) in [4.78, 5) is 14.9. The van der Waals surface area contributed by atoms with Crippen molar-refractivity contribution in [3.05, 3.63) is 54.6 Å². The van der Waals surface area contributed by atoms with E-state index in [1.807, 2.05) is 54.6 Å². The van der Waals surface area contributed by atoms with Crippen molar-refractivity contribution in [1.29, 1.82) is 0 Å². The number of para-hydroxylation sites is 2. The van der Waals surface area contributed by atoms with Gasteiger partial charge in [0.15, 0.2) is 0 Å². The Morgan fingerprint density at radius 2 is 1.82 bits per heavy atom. The number of carbonyl (C=O) groups excluding carboxylic acids is 1. The van der Waals surface area contributed by atoms with Crippen molar-refractivity contribution in [1.82, 2.24) is 0 Å². The van der Waals surface area contributed by atoms with Gasteiger partial charge in [0.2, 0.25) is 5.91 Å². The third-order valence-corrected chi connectivity index (χ3v) is 4.92. The van der Waals surface area contributed by atoms with Crippen LogP contribution in [-0.2, 0) is 15.6 Å². The molecular formula is C17H17NO3S. The van der Waals surface area contributed by atoms with Crippen LogP contribution in [-0.4, -0.2) is 29.0 Å². The molecule has 0 spiro atoms. The normalized spacial score (nSPS) is 16.9. The van der Waals surface area contributed by atoms with E-state index < -0.39 is 10.8 Å². The highest BCUT2D eigenvalue weighted by molar-refractivity contribution is 7.85. The molecule has 0 bridgehead atoms. The van der Waals surface area contributed by atoms with Gasteiger partial charge in [-0.05, 0) is 24.3 Å². The second-order valence-corrected chi connectivity index (χ2v) is 6.51. The lowest BCUT2D eigenvalue weighted by Crippen LogP contribution is -2.38. The molecule has 3 rings (SSSR count). The Bertz CT molecular complexity index is 687. The van der Waals surface area contributed by atoms with Crippen LogP contribution in [0.5, 0.6) is 5.75 Å². The summed E-state index contributed by atoms with van der Waals surface area (Å²) in [6.07, 6.45) is 0.301. The number of rotatable bonds is 4. The number of benzene rings is 2. The Kier molecular flexibility index (Phi) is 4.53. The molecule has 0 N–H and O–H groups in total. The standard InChI is InChI=1S/C17H17NO3S/c19-17(10-12-21-14-6-2-1-3-7-14)18-11-13-22(20)16-9-5-4-8-15(16)18/h1-9H,10-13H2. The third kappa shape index (κ3) is 3.20. The van der Waals surface area contributed by atoms with E-state index in [1.54, 1.807) is 4.90 Å². The summed E-state index contributed by atoms with van der Waals surface area (Å²) >= 11 is 0. The highest BCUT2D eigenvalue weighted by Gasteiger charge is 2.25. The number of carbonyl (C=O) groups is 1. The lowest BCUT2D eigenvalue weighted by atomic mass is 10.2. The van der Waals surface area contributed by atoms with Crippen molar-refractivity contribution in [2.75, 3.05) is 23.8 Å². The Balaban J connectivity index is 1.63. The number of nitrogens with zero attached hydrogens (tertiary/aromatic N) is 1. The van der Waals surface area contributed by atoms with E-state index in [-0.39, 0.29) is 5.91 Å². The molecule has 1 heterocycles. The zero-order chi connectivity index (χ0) is 15.4. The molecule has 0 aliphatic carbocycles. The maximum Gasteiger partial charge on any atom is 0.230 e. The van der Waals surface area contributed by atoms with Crippen molar-refractivity contribution in [2.45, 2.75) is 11.3 Å². The van der Waals surface area contributed by atoms with Crippen molar-refractivity contribution in [3.8, 4) is 5.75 Å². The minimum absolute atomic E-state index is 0.0000751. The van der Waals surface area contributed by atoms with Gasteiger partial charge >= 0.3 is 0 Å². The van der Waals surface area contributed by atoms with Gasteiger partial charge < -0.3 is 9.64 Å². The maximum absolute atomic E-state index is 12.4. The Hall–Kier alpha value is -2.14. The average Bonchev–Trinajstić information content (AvgIpc) is 2.56. The fourth-order valence-electron chi connectivity index (χ4n) is 2.44. The third-order valence-electron chi connectivity index (χ3n) is 3.53. The van der Waals surface area contributed by atoms with Crippen LogP contribution in [0.15, 0.2) is 59.5 Å². The monoisotopic (exact) mass is 315 g/mol. The summed E-state index contributed by atoms with van der Waals surface area (Å²) in [6, 6.07) is 16.8. The Labute approximate surface area is 132 Å². The first-order valence-electron chi connectivity index (χ1n) is 7.21. The van der Waals surface area contributed by atoms with Gasteiger partial charge in [-0.2, -0.15) is 0 Å². The van der Waals surface area contributed by atoms with Gasteiger partial charge in [-0.3, -0.25) is 9.00 Å². The van der Waals surface area contributed by atoms with Crippen LogP contribution in [0, 0.1) is 0 Å². The smallest absolute Gasteiger partial charge is 0.230 e. The first-order valence-corrected chi connectivity index (χ1v) is 8.53. The first-order chi connectivity index (χ1) is 10.8. The minimum atomic E-state index is -1.01. The van der Waals surface area contributed by atoms with Crippen LogP contribution in [0.1, 0.15) is 6.42 Å². The highest BCUT2D eigenvalue weighted by atomic mass is 32.2. The van der Waals surface area contributed by atoms with Crippen LogP contribution >= 0.6 is 0 Å². The zero-order valence-corrected chi connectivity index (χ0v) is 12.9. The molecule has 22 heavy (non-hydrogen) atoms. The molecule has 2 aromatic carbocycles. The Morgan fingerprint density at radius 3 is 2.64 bits per heavy atom. The number of anilines is 1. The predicted octanol–water partition coefficient (Wildman–Crippen LogP) is 2.61. The number of hydrogen-bond donors (Lipinski definition) is 0. The molecule has 4 nitrogen and oxygen atoms in total. The molecular weight excluding hydrogens is 298 g/mol. The summed E-state index contributed by atoms with van der Waals surface area (Å²) in [7, 11) is -1.01. The van der Waals surface area contributed by atoms with E-state index in [9.17, 15) is 9.00 Å². The SMILES string of the molecule is O=C(CCOc1ccccc1)N1CCS(=O)c2ccccc21. The molecule has 1 unspecified atom stereocenters. The second kappa shape index (κ2) is 6.75. The van der Waals surface area contributed by atoms with Gasteiger partial charge in [0.05, 0.1) is 34.4 Å². The summed E-state index contributed by atoms with van der Waals surface area (Å²) in [5, 5.41) is 0. The van der Waals surface area contributed by atoms with E-state index in [0.717, 1.165) is 16.3 Å². The quantitative estimate of drug-likeness (QED) is 0.871. The van der Waals surface area contributed by atoms with Gasteiger partial charge in [0.25, 0.3) is 0 Å². The highest BCUT2D eigenvalue weighted by Crippen LogP contribution is 2.28. The lowest BCUT2D eigenvalue weighted by molar-refractivity contribution is -0.119. The second-order valence-electron chi connectivity index (χ2n) is 4.97. The molecule has 0 saturated heterocycles. The van der Waals surface area contributed by atoms with E-state index in [1.165, 1.54) is 0 Å². The van der Waals surface area contributed by atoms with Gasteiger partial charge in [-0.25, -0.2) is 0 Å². The molecule has 0 aromatic heterocycles. The number of ether oxygens (including phenoxy) is 1. The fraction of sp³-hybridized carbons (Fsp3) is 0.235. The molecule has 2 aromatic rings. The van der Waals surface area contributed by atoms with Gasteiger partial charge in [0, 0.05) is 12.3 Å². The lowest BCUT2D eigenvalue weighted by Gasteiger charge is -2.28. The van der Waals surface area contributed by atoms with Crippen molar-refractivity contribution in [3.63, 3.8) is 0 Å². The average molecular weight is 315 g/mol. The number of fused-ring (bicyclic) bond motifs is 1. The van der Waals surface area contributed by atoms with E-state index in [0.29, 0.717) is 25.3 Å². The zero-order valence-electron chi connectivity index (χ0n) is 12.1. The Morgan fingerprint density at radius 1 is 1.09 bits per heavy atom. The number of amides is 1. The van der Waals surface area contributed by atoms with Gasteiger partial charge in [-0.1, -0.05) is 30.3 Å². The summed E-state index contributed by atoms with van der Waals surface area (Å²) in [5.41, 5.74) is 0.761. The van der Waals surface area contributed by atoms with E-state index >= 15 is 0 Å². The van der Waals surface area contributed by atoms with Crippen LogP contribution < -0.4 is 9.64 Å². The summed E-state index contributed by atoms with van der Waals surface area (Å²) in [5.74, 6) is 1.25. The molecule has 0 saturated carbocycles. The summed E-state index contributed by atoms with van der Waals surface area (Å²) < 4.78 is 17.6. The number of hydrogen-bond acceptors (Lipinski definition) is 3. The van der Waals surface area contributed by atoms with Crippen LogP contribution in [0.4, 0.5) is 5.69 Å². The van der Waals surface area contributed by atoms with E-state index in [2.05, 4.69) is 0 Å². The van der Waals surface area contributed by atoms with Gasteiger partial charge in [0.1, 0.15) is 5.75 Å². The molecule has 1 aliphatic rings. The topological polar surface area (TPSA) is 46.6 Å². The fourth-order valence-corrected chi connectivity index (χ4v) is 3.65. The van der Waals surface area contributed by atoms with Crippen LogP contribution in [0.2, 0.25) is 0 Å². The van der Waals surface area contributed by atoms with Crippen molar-refractivity contribution < 1.29 is 13.7 Å². The molecule has 5 heteroatoms. The minimum Gasteiger partial charge on any atom is -0.493 e. The van der Waals surface area contributed by atoms with E-state index in [4.69, 9.17) is 4.74 Å². The van der Waals surface area contributed by atoms with Crippen LogP contribution in [0.25, 0.3) is 0 Å². The summed E-state index contributed by atoms with van der Waals surface area (Å²) in [6.45, 7) is 0.832. The van der Waals surface area contributed by atoms with Crippen molar-refractivity contribution >= 4 is 22.4 Å². The van der Waals surface area contributed by atoms with Crippen molar-refractivity contribution in [2.24, 2.45) is 0 Å². The molecule has 0 radical (unpaired) electrons. The van der Waals surface area contributed by atoms with Gasteiger partial charge in [-0.15, -0.1) is 0 Å². The molecule has 1 aliphatic heterocycles. The predicted molar refractivity (Wildman–Crippen MR) is 86.6 cm³/mol.